The molecule has 2 aromatic rings. The van der Waals surface area contributed by atoms with Gasteiger partial charge in [-0.3, -0.25) is 4.90 Å². The summed E-state index contributed by atoms with van der Waals surface area (Å²) in [6.45, 7) is 8.83. The number of likely N-dealkylation sites (tertiary alicyclic amines) is 1. The van der Waals surface area contributed by atoms with Crippen molar-refractivity contribution in [3.8, 4) is 16.3 Å². The van der Waals surface area contributed by atoms with Crippen LogP contribution >= 0.6 is 11.3 Å². The Balaban J connectivity index is 1.64. The van der Waals surface area contributed by atoms with E-state index in [-0.39, 0.29) is 5.41 Å². The molecule has 2 N–H and O–H groups in total. The minimum Gasteiger partial charge on any atom is -0.494 e. The minimum absolute atomic E-state index is 0.272. The molecular weight excluding hydrogens is 306 g/mol. The van der Waals surface area contributed by atoms with E-state index in [2.05, 4.69) is 29.3 Å². The summed E-state index contributed by atoms with van der Waals surface area (Å²) in [6.07, 6.45) is 1.18. The Morgan fingerprint density at radius 1 is 1.35 bits per heavy atom. The summed E-state index contributed by atoms with van der Waals surface area (Å²) in [5.41, 5.74) is 8.46. The number of rotatable bonds is 6. The largest absolute Gasteiger partial charge is 0.494 e. The van der Waals surface area contributed by atoms with Gasteiger partial charge in [-0.1, -0.05) is 6.92 Å². The third-order valence-corrected chi connectivity index (χ3v) is 5.42. The molecule has 1 aromatic heterocycles. The van der Waals surface area contributed by atoms with Gasteiger partial charge in [0.1, 0.15) is 10.8 Å². The third kappa shape index (κ3) is 3.91. The van der Waals surface area contributed by atoms with Crippen LogP contribution in [-0.4, -0.2) is 36.1 Å². The second kappa shape index (κ2) is 6.99. The monoisotopic (exact) mass is 331 g/mol. The molecule has 4 nitrogen and oxygen atoms in total. The zero-order chi connectivity index (χ0) is 16.3. The minimum atomic E-state index is 0.272. The van der Waals surface area contributed by atoms with Crippen molar-refractivity contribution in [3.05, 3.63) is 35.3 Å². The highest BCUT2D eigenvalue weighted by molar-refractivity contribution is 7.13. The molecule has 1 aliphatic rings. The maximum absolute atomic E-state index is 5.89. The van der Waals surface area contributed by atoms with Gasteiger partial charge in [-0.2, -0.15) is 0 Å². The zero-order valence-electron chi connectivity index (χ0n) is 13.9. The topological polar surface area (TPSA) is 51.4 Å². The van der Waals surface area contributed by atoms with E-state index >= 15 is 0 Å². The second-order valence-electron chi connectivity index (χ2n) is 6.58. The van der Waals surface area contributed by atoms with Crippen LogP contribution in [0.15, 0.2) is 29.6 Å². The van der Waals surface area contributed by atoms with Crippen LogP contribution in [0.5, 0.6) is 5.75 Å². The van der Waals surface area contributed by atoms with Crippen LogP contribution in [0.2, 0.25) is 0 Å². The summed E-state index contributed by atoms with van der Waals surface area (Å²) in [4.78, 5) is 7.26. The molecule has 1 unspecified atom stereocenters. The normalized spacial score (nSPS) is 21.7. The van der Waals surface area contributed by atoms with Crippen molar-refractivity contribution in [1.29, 1.82) is 0 Å². The Kier molecular flexibility index (Phi) is 4.99. The zero-order valence-corrected chi connectivity index (χ0v) is 14.7. The number of hydrogen-bond donors (Lipinski definition) is 1. The molecule has 0 aliphatic carbocycles. The van der Waals surface area contributed by atoms with Gasteiger partial charge in [-0.25, -0.2) is 4.98 Å². The van der Waals surface area contributed by atoms with E-state index < -0.39 is 0 Å². The molecule has 1 atom stereocenters. The van der Waals surface area contributed by atoms with E-state index in [1.54, 1.807) is 11.3 Å². The summed E-state index contributed by atoms with van der Waals surface area (Å²) in [5, 5.41) is 3.24. The lowest BCUT2D eigenvalue weighted by molar-refractivity contribution is 0.272. The van der Waals surface area contributed by atoms with E-state index in [0.29, 0.717) is 6.61 Å². The van der Waals surface area contributed by atoms with Crippen LogP contribution in [0.3, 0.4) is 0 Å². The first-order valence-electron chi connectivity index (χ1n) is 8.22. The van der Waals surface area contributed by atoms with Crippen molar-refractivity contribution < 1.29 is 4.74 Å². The molecule has 1 aromatic carbocycles. The van der Waals surface area contributed by atoms with E-state index in [4.69, 9.17) is 15.5 Å². The first-order valence-corrected chi connectivity index (χ1v) is 9.10. The van der Waals surface area contributed by atoms with Crippen LogP contribution in [0.25, 0.3) is 10.6 Å². The molecule has 0 bridgehead atoms. The number of hydrogen-bond acceptors (Lipinski definition) is 5. The molecule has 1 fully saturated rings. The maximum atomic E-state index is 5.89. The molecule has 0 radical (unpaired) electrons. The van der Waals surface area contributed by atoms with Gasteiger partial charge in [0.2, 0.25) is 0 Å². The lowest BCUT2D eigenvalue weighted by Crippen LogP contribution is -2.31. The Morgan fingerprint density at radius 3 is 2.78 bits per heavy atom. The molecule has 124 valence electrons. The highest BCUT2D eigenvalue weighted by Gasteiger charge is 2.32. The first-order chi connectivity index (χ1) is 11.1. The summed E-state index contributed by atoms with van der Waals surface area (Å²) in [5.74, 6) is 0.908. The fraction of sp³-hybridized carbons (Fsp3) is 0.500. The fourth-order valence-corrected chi connectivity index (χ4v) is 3.85. The highest BCUT2D eigenvalue weighted by Crippen LogP contribution is 2.31. The standard InChI is InChI=1S/C18H25N3OS/c1-3-22-16-6-4-14(5-7-16)17-20-15(11-23-17)10-21-9-8-18(2,12-19)13-21/h4-7,11H,3,8-10,12-13,19H2,1-2H3. The Morgan fingerprint density at radius 2 is 2.13 bits per heavy atom. The maximum Gasteiger partial charge on any atom is 0.123 e. The number of nitrogens with two attached hydrogens (primary N) is 1. The van der Waals surface area contributed by atoms with Crippen molar-refractivity contribution in [3.63, 3.8) is 0 Å². The number of benzene rings is 1. The molecule has 3 rings (SSSR count). The predicted octanol–water partition coefficient (Wildman–Crippen LogP) is 3.38. The SMILES string of the molecule is CCOc1ccc(-c2nc(CN3CCC(C)(CN)C3)cs2)cc1. The van der Waals surface area contributed by atoms with Gasteiger partial charge in [0, 0.05) is 24.0 Å². The summed E-state index contributed by atoms with van der Waals surface area (Å²) >= 11 is 1.71. The molecular formula is C18H25N3OS. The van der Waals surface area contributed by atoms with Gasteiger partial charge >= 0.3 is 0 Å². The van der Waals surface area contributed by atoms with Crippen molar-refractivity contribution in [2.75, 3.05) is 26.2 Å². The molecule has 0 spiro atoms. The smallest absolute Gasteiger partial charge is 0.123 e. The van der Waals surface area contributed by atoms with Crippen LogP contribution in [0, 0.1) is 5.41 Å². The van der Waals surface area contributed by atoms with Crippen molar-refractivity contribution in [2.45, 2.75) is 26.8 Å². The van der Waals surface area contributed by atoms with E-state index in [0.717, 1.165) is 48.2 Å². The van der Waals surface area contributed by atoms with Crippen LogP contribution in [0.1, 0.15) is 26.0 Å². The van der Waals surface area contributed by atoms with E-state index in [1.807, 2.05) is 19.1 Å². The van der Waals surface area contributed by atoms with Gasteiger partial charge in [-0.15, -0.1) is 11.3 Å². The van der Waals surface area contributed by atoms with Gasteiger partial charge in [0.25, 0.3) is 0 Å². The molecule has 2 heterocycles. The number of ether oxygens (including phenoxy) is 1. The molecule has 1 aliphatic heterocycles. The van der Waals surface area contributed by atoms with Crippen LogP contribution in [0.4, 0.5) is 0 Å². The lowest BCUT2D eigenvalue weighted by Gasteiger charge is -2.22. The van der Waals surface area contributed by atoms with Gasteiger partial charge < -0.3 is 10.5 Å². The van der Waals surface area contributed by atoms with Gasteiger partial charge in [0.05, 0.1) is 12.3 Å². The fourth-order valence-electron chi connectivity index (χ4n) is 3.03. The average molecular weight is 331 g/mol. The number of nitrogens with zero attached hydrogens (tertiary/aromatic N) is 2. The summed E-state index contributed by atoms with van der Waals surface area (Å²) < 4.78 is 5.49. The Hall–Kier alpha value is -1.43. The quantitative estimate of drug-likeness (QED) is 0.881. The van der Waals surface area contributed by atoms with Crippen molar-refractivity contribution in [1.82, 2.24) is 9.88 Å². The second-order valence-corrected chi connectivity index (χ2v) is 7.43. The Bertz CT molecular complexity index is 640. The number of thiazole rings is 1. The molecule has 5 heteroatoms. The third-order valence-electron chi connectivity index (χ3n) is 4.48. The average Bonchev–Trinajstić information content (AvgIpc) is 3.17. The van der Waals surface area contributed by atoms with E-state index in [9.17, 15) is 0 Å². The predicted molar refractivity (Wildman–Crippen MR) is 95.8 cm³/mol. The first kappa shape index (κ1) is 16.4. The van der Waals surface area contributed by atoms with Gasteiger partial charge in [0.15, 0.2) is 0 Å². The molecule has 0 saturated carbocycles. The summed E-state index contributed by atoms with van der Waals surface area (Å²) in [6, 6.07) is 8.17. The van der Waals surface area contributed by atoms with Crippen LogP contribution < -0.4 is 10.5 Å². The molecule has 1 saturated heterocycles. The van der Waals surface area contributed by atoms with Crippen LogP contribution in [-0.2, 0) is 6.54 Å². The highest BCUT2D eigenvalue weighted by atomic mass is 32.1. The van der Waals surface area contributed by atoms with Crippen molar-refractivity contribution in [2.24, 2.45) is 11.1 Å². The number of aromatic nitrogens is 1. The molecule has 0 amide bonds. The van der Waals surface area contributed by atoms with E-state index in [1.165, 1.54) is 6.42 Å². The Labute approximate surface area is 142 Å². The van der Waals surface area contributed by atoms with Crippen molar-refractivity contribution >= 4 is 11.3 Å². The van der Waals surface area contributed by atoms with Gasteiger partial charge in [-0.05, 0) is 56.1 Å². The molecule has 23 heavy (non-hydrogen) atoms. The summed E-state index contributed by atoms with van der Waals surface area (Å²) in [7, 11) is 0. The lowest BCUT2D eigenvalue weighted by atomic mass is 9.90.